The second kappa shape index (κ2) is 4.96. The van der Waals surface area contributed by atoms with Gasteiger partial charge in [0.1, 0.15) is 11.6 Å². The first-order valence-corrected chi connectivity index (χ1v) is 6.59. The van der Waals surface area contributed by atoms with Crippen LogP contribution in [0.4, 0.5) is 4.39 Å². The van der Waals surface area contributed by atoms with E-state index in [0.717, 1.165) is 24.1 Å². The smallest absolute Gasteiger partial charge is 0.251 e. The second-order valence-electron chi connectivity index (χ2n) is 5.01. The van der Waals surface area contributed by atoms with E-state index in [2.05, 4.69) is 9.97 Å². The summed E-state index contributed by atoms with van der Waals surface area (Å²) in [5.41, 5.74) is 1.45. The van der Waals surface area contributed by atoms with Crippen LogP contribution < -0.4 is 5.56 Å². The number of rotatable bonds is 2. The van der Waals surface area contributed by atoms with Gasteiger partial charge in [-0.05, 0) is 37.1 Å². The number of hydrogen-bond acceptors (Lipinski definition) is 2. The van der Waals surface area contributed by atoms with Crippen LogP contribution in [0.25, 0.3) is 11.4 Å². The maximum absolute atomic E-state index is 12.9. The maximum Gasteiger partial charge on any atom is 0.251 e. The number of hydrogen-bond donors (Lipinski definition) is 1. The van der Waals surface area contributed by atoms with Crippen LogP contribution in [-0.2, 0) is 0 Å². The second-order valence-corrected chi connectivity index (χ2v) is 5.01. The normalized spacial score (nSPS) is 15.8. The van der Waals surface area contributed by atoms with Crippen molar-refractivity contribution in [2.75, 3.05) is 0 Å². The lowest BCUT2D eigenvalue weighted by atomic mass is 10.0. The van der Waals surface area contributed by atoms with Crippen LogP contribution in [-0.4, -0.2) is 9.97 Å². The molecule has 0 bridgehead atoms. The molecule has 1 N–H and O–H groups in total. The molecule has 1 fully saturated rings. The Labute approximate surface area is 110 Å². The molecule has 1 aromatic heterocycles. The Morgan fingerprint density at radius 2 is 1.84 bits per heavy atom. The molecule has 1 aliphatic carbocycles. The highest BCUT2D eigenvalue weighted by molar-refractivity contribution is 5.54. The van der Waals surface area contributed by atoms with Crippen molar-refractivity contribution < 1.29 is 4.39 Å². The summed E-state index contributed by atoms with van der Waals surface area (Å²) in [7, 11) is 0. The van der Waals surface area contributed by atoms with Crippen LogP contribution >= 0.6 is 0 Å². The zero-order valence-corrected chi connectivity index (χ0v) is 10.5. The molecular formula is C15H15FN2O. The molecule has 1 heterocycles. The number of nitrogens with zero attached hydrogens (tertiary/aromatic N) is 1. The van der Waals surface area contributed by atoms with E-state index < -0.39 is 0 Å². The third-order valence-corrected chi connectivity index (χ3v) is 3.65. The molecule has 0 amide bonds. The van der Waals surface area contributed by atoms with E-state index in [1.54, 1.807) is 18.2 Å². The largest absolute Gasteiger partial charge is 0.307 e. The molecule has 2 aromatic rings. The Hall–Kier alpha value is -1.97. The van der Waals surface area contributed by atoms with Crippen molar-refractivity contribution in [1.29, 1.82) is 0 Å². The van der Waals surface area contributed by atoms with Gasteiger partial charge in [0, 0.05) is 17.5 Å². The van der Waals surface area contributed by atoms with Crippen molar-refractivity contribution in [2.24, 2.45) is 0 Å². The van der Waals surface area contributed by atoms with Crippen LogP contribution in [0, 0.1) is 5.82 Å². The molecule has 3 nitrogen and oxygen atoms in total. The summed E-state index contributed by atoms with van der Waals surface area (Å²) >= 11 is 0. The Balaban J connectivity index is 2.01. The first-order valence-electron chi connectivity index (χ1n) is 6.59. The quantitative estimate of drug-likeness (QED) is 0.898. The first kappa shape index (κ1) is 12.1. The number of benzene rings is 1. The molecule has 1 aliphatic rings. The number of nitrogens with one attached hydrogen (secondary N) is 1. The van der Waals surface area contributed by atoms with Gasteiger partial charge in [-0.3, -0.25) is 4.79 Å². The standard InChI is InChI=1S/C15H15FN2O/c16-12-7-5-11(6-8-12)15-17-13(9-14(19)18-15)10-3-1-2-4-10/h5-10H,1-4H2,(H,17,18,19). The molecule has 0 unspecified atom stereocenters. The predicted octanol–water partition coefficient (Wildman–Crippen LogP) is 3.23. The zero-order chi connectivity index (χ0) is 13.2. The minimum Gasteiger partial charge on any atom is -0.307 e. The molecule has 0 spiro atoms. The van der Waals surface area contributed by atoms with Gasteiger partial charge in [-0.2, -0.15) is 0 Å². The van der Waals surface area contributed by atoms with E-state index >= 15 is 0 Å². The van der Waals surface area contributed by atoms with Crippen molar-refractivity contribution >= 4 is 0 Å². The van der Waals surface area contributed by atoms with Gasteiger partial charge in [0.15, 0.2) is 0 Å². The van der Waals surface area contributed by atoms with Gasteiger partial charge < -0.3 is 4.98 Å². The van der Waals surface area contributed by atoms with Crippen LogP contribution in [0.15, 0.2) is 35.1 Å². The molecule has 1 saturated carbocycles. The topological polar surface area (TPSA) is 45.8 Å². The van der Waals surface area contributed by atoms with Crippen molar-refractivity contribution in [1.82, 2.24) is 9.97 Å². The van der Waals surface area contributed by atoms with E-state index in [-0.39, 0.29) is 11.4 Å². The van der Waals surface area contributed by atoms with E-state index in [0.29, 0.717) is 11.7 Å². The highest BCUT2D eigenvalue weighted by Gasteiger charge is 2.19. The molecule has 98 valence electrons. The Kier molecular flexibility index (Phi) is 3.15. The van der Waals surface area contributed by atoms with Crippen molar-refractivity contribution in [3.05, 3.63) is 52.2 Å². The fraction of sp³-hybridized carbons (Fsp3) is 0.333. The first-order chi connectivity index (χ1) is 9.22. The molecule has 19 heavy (non-hydrogen) atoms. The fourth-order valence-corrected chi connectivity index (χ4v) is 2.65. The highest BCUT2D eigenvalue weighted by Crippen LogP contribution is 2.32. The number of halogens is 1. The number of aromatic nitrogens is 2. The molecule has 0 aliphatic heterocycles. The average molecular weight is 258 g/mol. The molecule has 4 heteroatoms. The lowest BCUT2D eigenvalue weighted by Gasteiger charge is -2.09. The van der Waals surface area contributed by atoms with Crippen LogP contribution in [0.3, 0.4) is 0 Å². The molecule has 1 aromatic carbocycles. The summed E-state index contributed by atoms with van der Waals surface area (Å²) in [6.07, 6.45) is 4.59. The maximum atomic E-state index is 12.9. The summed E-state index contributed by atoms with van der Waals surface area (Å²) in [5, 5.41) is 0. The van der Waals surface area contributed by atoms with Crippen LogP contribution in [0.1, 0.15) is 37.3 Å². The van der Waals surface area contributed by atoms with E-state index in [4.69, 9.17) is 0 Å². The summed E-state index contributed by atoms with van der Waals surface area (Å²) < 4.78 is 12.9. The third-order valence-electron chi connectivity index (χ3n) is 3.65. The van der Waals surface area contributed by atoms with Gasteiger partial charge in [-0.25, -0.2) is 9.37 Å². The molecule has 0 saturated heterocycles. The SMILES string of the molecule is O=c1cc(C2CCCC2)nc(-c2ccc(F)cc2)[nH]1. The van der Waals surface area contributed by atoms with Gasteiger partial charge in [-0.1, -0.05) is 12.8 Å². The van der Waals surface area contributed by atoms with Crippen molar-refractivity contribution in [3.8, 4) is 11.4 Å². The summed E-state index contributed by atoms with van der Waals surface area (Å²) in [6, 6.07) is 7.59. The summed E-state index contributed by atoms with van der Waals surface area (Å²) in [6.45, 7) is 0. The van der Waals surface area contributed by atoms with E-state index in [1.165, 1.54) is 25.0 Å². The molecular weight excluding hydrogens is 243 g/mol. The van der Waals surface area contributed by atoms with Gasteiger partial charge >= 0.3 is 0 Å². The van der Waals surface area contributed by atoms with Crippen LogP contribution in [0.5, 0.6) is 0 Å². The molecule has 0 atom stereocenters. The number of H-pyrrole nitrogens is 1. The van der Waals surface area contributed by atoms with Crippen molar-refractivity contribution in [2.45, 2.75) is 31.6 Å². The number of aromatic amines is 1. The monoisotopic (exact) mass is 258 g/mol. The van der Waals surface area contributed by atoms with Gasteiger partial charge in [0.2, 0.25) is 0 Å². The van der Waals surface area contributed by atoms with Gasteiger partial charge in [0.05, 0.1) is 5.69 Å². The van der Waals surface area contributed by atoms with E-state index in [1.807, 2.05) is 0 Å². The summed E-state index contributed by atoms with van der Waals surface area (Å²) in [5.74, 6) is 0.619. The zero-order valence-electron chi connectivity index (χ0n) is 10.5. The van der Waals surface area contributed by atoms with E-state index in [9.17, 15) is 9.18 Å². The molecule has 3 rings (SSSR count). The lowest BCUT2D eigenvalue weighted by molar-refractivity contribution is 0.628. The van der Waals surface area contributed by atoms with Gasteiger partial charge in [0.25, 0.3) is 5.56 Å². The Morgan fingerprint density at radius 3 is 2.53 bits per heavy atom. The summed E-state index contributed by atoms with van der Waals surface area (Å²) in [4.78, 5) is 19.0. The third kappa shape index (κ3) is 2.57. The highest BCUT2D eigenvalue weighted by atomic mass is 19.1. The van der Waals surface area contributed by atoms with Crippen molar-refractivity contribution in [3.63, 3.8) is 0 Å². The predicted molar refractivity (Wildman–Crippen MR) is 71.5 cm³/mol. The minimum absolute atomic E-state index is 0.142. The fourth-order valence-electron chi connectivity index (χ4n) is 2.65. The Morgan fingerprint density at radius 1 is 1.16 bits per heavy atom. The molecule has 0 radical (unpaired) electrons. The minimum atomic E-state index is -0.293. The lowest BCUT2D eigenvalue weighted by Crippen LogP contribution is -2.12. The Bertz CT molecular complexity index is 627. The van der Waals surface area contributed by atoms with Gasteiger partial charge in [-0.15, -0.1) is 0 Å². The average Bonchev–Trinajstić information content (AvgIpc) is 2.93. The van der Waals surface area contributed by atoms with Crippen LogP contribution in [0.2, 0.25) is 0 Å².